The number of benzene rings is 1. The van der Waals surface area contributed by atoms with Crippen LogP contribution in [0.1, 0.15) is 18.5 Å². The van der Waals surface area contributed by atoms with Gasteiger partial charge in [0, 0.05) is 7.05 Å². The monoisotopic (exact) mass is 390 g/mol. The maximum Gasteiger partial charge on any atom is 0.264 e. The highest BCUT2D eigenvalue weighted by atomic mass is 32.2. The molecule has 0 spiro atoms. The summed E-state index contributed by atoms with van der Waals surface area (Å²) in [5.74, 6) is -0.421. The normalized spacial score (nSPS) is 12.9. The Kier molecular flexibility index (Phi) is 4.81. The highest BCUT2D eigenvalue weighted by Gasteiger charge is 2.15. The number of hydrogen-bond donors (Lipinski definition) is 2. The minimum Gasteiger partial charge on any atom is -0.348 e. The van der Waals surface area contributed by atoms with Crippen molar-refractivity contribution in [2.75, 3.05) is 0 Å². The topological polar surface area (TPSA) is 142 Å². The van der Waals surface area contributed by atoms with E-state index in [9.17, 15) is 18.0 Å². The van der Waals surface area contributed by atoms with Gasteiger partial charge in [0.25, 0.3) is 5.56 Å². The van der Waals surface area contributed by atoms with Gasteiger partial charge in [0.2, 0.25) is 15.9 Å². The van der Waals surface area contributed by atoms with E-state index < -0.39 is 22.0 Å². The number of aromatic nitrogens is 4. The van der Waals surface area contributed by atoms with Crippen molar-refractivity contribution in [1.29, 1.82) is 0 Å². The summed E-state index contributed by atoms with van der Waals surface area (Å²) in [4.78, 5) is 28.8. The van der Waals surface area contributed by atoms with Crippen molar-refractivity contribution in [3.63, 3.8) is 0 Å². The molecule has 10 nitrogen and oxygen atoms in total. The lowest BCUT2D eigenvalue weighted by Gasteiger charge is -2.15. The number of nitrogens with zero attached hydrogens (tertiary/aromatic N) is 4. The van der Waals surface area contributed by atoms with Crippen LogP contribution < -0.4 is 16.0 Å². The van der Waals surface area contributed by atoms with E-state index >= 15 is 0 Å². The average Bonchev–Trinajstić information content (AvgIpc) is 2.98. The molecule has 0 unspecified atom stereocenters. The van der Waals surface area contributed by atoms with E-state index in [2.05, 4.69) is 15.4 Å². The Hall–Kier alpha value is -3.05. The molecule has 2 aromatic heterocycles. The molecule has 3 N–H and O–H groups in total. The molecule has 27 heavy (non-hydrogen) atoms. The van der Waals surface area contributed by atoms with Crippen molar-refractivity contribution in [2.45, 2.75) is 24.4 Å². The highest BCUT2D eigenvalue weighted by Crippen LogP contribution is 2.16. The molecule has 11 heteroatoms. The number of sulfonamides is 1. The van der Waals surface area contributed by atoms with Crippen LogP contribution in [0.3, 0.4) is 0 Å². The minimum atomic E-state index is -3.83. The number of hydrogen-bond acceptors (Lipinski definition) is 6. The van der Waals surface area contributed by atoms with Gasteiger partial charge in [-0.05, 0) is 24.6 Å². The average molecular weight is 390 g/mol. The molecule has 0 aliphatic heterocycles. The second kappa shape index (κ2) is 6.93. The Bertz CT molecular complexity index is 1180. The van der Waals surface area contributed by atoms with Gasteiger partial charge in [0.15, 0.2) is 5.65 Å². The molecule has 2 heterocycles. The van der Waals surface area contributed by atoms with E-state index in [4.69, 9.17) is 5.14 Å². The van der Waals surface area contributed by atoms with Gasteiger partial charge in [-0.25, -0.2) is 18.5 Å². The van der Waals surface area contributed by atoms with Gasteiger partial charge in [-0.15, -0.1) is 0 Å². The van der Waals surface area contributed by atoms with Crippen molar-refractivity contribution in [2.24, 2.45) is 12.2 Å². The molecule has 0 saturated heterocycles. The van der Waals surface area contributed by atoms with E-state index in [0.717, 1.165) is 0 Å². The number of primary sulfonamides is 1. The fourth-order valence-electron chi connectivity index (χ4n) is 2.67. The molecular formula is C16H18N6O4S. The second-order valence-electron chi connectivity index (χ2n) is 6.09. The Morgan fingerprint density at radius 3 is 2.81 bits per heavy atom. The lowest BCUT2D eigenvalue weighted by Crippen LogP contribution is -2.34. The third-order valence-electron chi connectivity index (χ3n) is 4.10. The van der Waals surface area contributed by atoms with E-state index in [1.54, 1.807) is 26.1 Å². The van der Waals surface area contributed by atoms with Crippen molar-refractivity contribution in [3.05, 3.63) is 52.7 Å². The Labute approximate surface area is 154 Å². The van der Waals surface area contributed by atoms with Gasteiger partial charge in [0.05, 0.1) is 17.1 Å². The number of nitrogens with one attached hydrogen (secondary N) is 1. The van der Waals surface area contributed by atoms with E-state index in [-0.39, 0.29) is 17.0 Å². The molecular weight excluding hydrogens is 372 g/mol. The highest BCUT2D eigenvalue weighted by molar-refractivity contribution is 7.89. The first-order valence-corrected chi connectivity index (χ1v) is 9.50. The van der Waals surface area contributed by atoms with Crippen LogP contribution in [0.2, 0.25) is 0 Å². The predicted octanol–water partition coefficient (Wildman–Crippen LogP) is -0.345. The van der Waals surface area contributed by atoms with Gasteiger partial charge in [0.1, 0.15) is 18.3 Å². The van der Waals surface area contributed by atoms with E-state index in [1.807, 2.05) is 0 Å². The summed E-state index contributed by atoms with van der Waals surface area (Å²) in [7, 11) is -2.16. The molecule has 3 aromatic rings. The number of aryl methyl sites for hydroxylation is 1. The van der Waals surface area contributed by atoms with Gasteiger partial charge < -0.3 is 5.32 Å². The van der Waals surface area contributed by atoms with Crippen LogP contribution >= 0.6 is 0 Å². The van der Waals surface area contributed by atoms with Gasteiger partial charge >= 0.3 is 0 Å². The third kappa shape index (κ3) is 3.88. The summed E-state index contributed by atoms with van der Waals surface area (Å²) in [6, 6.07) is 5.51. The lowest BCUT2D eigenvalue weighted by atomic mass is 10.1. The number of rotatable bonds is 5. The molecule has 0 radical (unpaired) electrons. The SMILES string of the molecule is C[C@H](NC(=O)Cn1cnc2c(cnn2C)c1=O)c1cccc(S(N)(=O)=O)c1. The smallest absolute Gasteiger partial charge is 0.264 e. The summed E-state index contributed by atoms with van der Waals surface area (Å²) in [6.07, 6.45) is 2.69. The maximum absolute atomic E-state index is 12.4. The van der Waals surface area contributed by atoms with E-state index in [1.165, 1.54) is 33.9 Å². The third-order valence-corrected chi connectivity index (χ3v) is 5.01. The summed E-state index contributed by atoms with van der Waals surface area (Å²) in [5.41, 5.74) is 0.639. The number of nitrogens with two attached hydrogens (primary N) is 1. The Morgan fingerprint density at radius 2 is 2.11 bits per heavy atom. The van der Waals surface area contributed by atoms with Crippen LogP contribution in [0.4, 0.5) is 0 Å². The van der Waals surface area contributed by atoms with Crippen molar-refractivity contribution < 1.29 is 13.2 Å². The van der Waals surface area contributed by atoms with Crippen molar-refractivity contribution in [3.8, 4) is 0 Å². The van der Waals surface area contributed by atoms with Crippen LogP contribution in [0.25, 0.3) is 11.0 Å². The largest absolute Gasteiger partial charge is 0.348 e. The maximum atomic E-state index is 12.4. The first-order chi connectivity index (χ1) is 12.7. The number of carbonyl (C=O) groups is 1. The summed E-state index contributed by atoms with van der Waals surface area (Å²) < 4.78 is 25.6. The minimum absolute atomic E-state index is 0.0384. The second-order valence-corrected chi connectivity index (χ2v) is 7.65. The van der Waals surface area contributed by atoms with Crippen molar-refractivity contribution in [1.82, 2.24) is 24.6 Å². The van der Waals surface area contributed by atoms with Gasteiger partial charge in [-0.2, -0.15) is 5.10 Å². The van der Waals surface area contributed by atoms with Gasteiger partial charge in [-0.1, -0.05) is 12.1 Å². The van der Waals surface area contributed by atoms with Crippen LogP contribution in [-0.4, -0.2) is 33.7 Å². The van der Waals surface area contributed by atoms with Crippen LogP contribution in [-0.2, 0) is 28.4 Å². The summed E-state index contributed by atoms with van der Waals surface area (Å²) in [5, 5.41) is 12.1. The molecule has 0 fully saturated rings. The zero-order chi connectivity index (χ0) is 19.8. The quantitative estimate of drug-likeness (QED) is 0.610. The van der Waals surface area contributed by atoms with Gasteiger partial charge in [-0.3, -0.25) is 18.8 Å². The Morgan fingerprint density at radius 1 is 1.37 bits per heavy atom. The van der Waals surface area contributed by atoms with Crippen LogP contribution in [0, 0.1) is 0 Å². The molecule has 1 atom stereocenters. The molecule has 142 valence electrons. The number of carbonyl (C=O) groups excluding carboxylic acids is 1. The zero-order valence-electron chi connectivity index (χ0n) is 14.7. The summed E-state index contributed by atoms with van der Waals surface area (Å²) >= 11 is 0. The van der Waals surface area contributed by atoms with Crippen LogP contribution in [0.5, 0.6) is 0 Å². The molecule has 1 amide bonds. The number of amides is 1. The molecule has 0 aliphatic carbocycles. The fourth-order valence-corrected chi connectivity index (χ4v) is 3.23. The molecule has 0 aliphatic rings. The first kappa shape index (κ1) is 18.7. The van der Waals surface area contributed by atoms with Crippen LogP contribution in [0.15, 0.2) is 46.5 Å². The van der Waals surface area contributed by atoms with E-state index in [0.29, 0.717) is 16.6 Å². The Balaban J connectivity index is 1.76. The molecule has 0 saturated carbocycles. The lowest BCUT2D eigenvalue weighted by molar-refractivity contribution is -0.122. The molecule has 3 rings (SSSR count). The standard InChI is InChI=1S/C16H18N6O4S/c1-10(11-4-3-5-12(6-11)27(17,25)26)20-14(23)8-22-9-18-15-13(16(22)24)7-19-21(15)2/h3-7,9-10H,8H2,1-2H3,(H,20,23)(H2,17,25,26)/t10-/m0/s1. The fraction of sp³-hybridized carbons (Fsp3) is 0.250. The predicted molar refractivity (Wildman–Crippen MR) is 97.1 cm³/mol. The first-order valence-electron chi connectivity index (χ1n) is 7.96. The molecule has 1 aromatic carbocycles. The zero-order valence-corrected chi connectivity index (χ0v) is 15.5. The summed E-state index contributed by atoms with van der Waals surface area (Å²) in [6.45, 7) is 1.47. The van der Waals surface area contributed by atoms with Crippen molar-refractivity contribution >= 4 is 27.0 Å². The molecule has 0 bridgehead atoms. The number of fused-ring (bicyclic) bond motifs is 1.